The maximum absolute atomic E-state index is 9.73. The first-order chi connectivity index (χ1) is 6.69. The fourth-order valence-electron chi connectivity index (χ4n) is 2.28. The highest BCUT2D eigenvalue weighted by Gasteiger charge is 2.28. The van der Waals surface area contributed by atoms with E-state index in [9.17, 15) is 5.11 Å². The van der Waals surface area contributed by atoms with Crippen molar-refractivity contribution in [2.45, 2.75) is 25.0 Å². The second-order valence-electron chi connectivity index (χ2n) is 4.26. The van der Waals surface area contributed by atoms with Gasteiger partial charge in [0.15, 0.2) is 0 Å². The predicted octanol–water partition coefficient (Wildman–Crippen LogP) is -0.764. The van der Waals surface area contributed by atoms with Crippen molar-refractivity contribution >= 4 is 0 Å². The molecule has 2 atom stereocenters. The minimum Gasteiger partial charge on any atom is -0.390 e. The van der Waals surface area contributed by atoms with Crippen LogP contribution in [0.4, 0.5) is 0 Å². The molecule has 84 valence electrons. The number of likely N-dealkylation sites (tertiary alicyclic amines) is 1. The van der Waals surface area contributed by atoms with Crippen molar-refractivity contribution in [3.05, 3.63) is 0 Å². The Morgan fingerprint density at radius 3 is 2.50 bits per heavy atom. The van der Waals surface area contributed by atoms with Crippen LogP contribution in [0.2, 0.25) is 0 Å². The third-order valence-corrected chi connectivity index (χ3v) is 3.26. The van der Waals surface area contributed by atoms with Crippen LogP contribution in [-0.4, -0.2) is 55.9 Å². The summed E-state index contributed by atoms with van der Waals surface area (Å²) in [5.41, 5.74) is 5.48. The van der Waals surface area contributed by atoms with Gasteiger partial charge in [0.25, 0.3) is 0 Å². The lowest BCUT2D eigenvalue weighted by Gasteiger charge is -2.36. The summed E-state index contributed by atoms with van der Waals surface area (Å²) >= 11 is 0. The van der Waals surface area contributed by atoms with E-state index in [1.165, 1.54) is 0 Å². The van der Waals surface area contributed by atoms with Crippen LogP contribution in [0.3, 0.4) is 0 Å². The maximum Gasteiger partial charge on any atom is 0.0817 e. The Bertz CT molecular complexity index is 157. The molecule has 4 N–H and O–H groups in total. The Labute approximate surface area is 86.5 Å². The number of aliphatic hydroxyl groups is 1. The first kappa shape index (κ1) is 11.9. The number of piperidine rings is 1. The molecular formula is C10H23N3O. The fourth-order valence-corrected chi connectivity index (χ4v) is 2.28. The van der Waals surface area contributed by atoms with Gasteiger partial charge in [0, 0.05) is 12.6 Å². The van der Waals surface area contributed by atoms with Crippen LogP contribution in [0.25, 0.3) is 0 Å². The Hall–Kier alpha value is -0.160. The van der Waals surface area contributed by atoms with Gasteiger partial charge >= 0.3 is 0 Å². The highest BCUT2D eigenvalue weighted by molar-refractivity contribution is 4.85. The number of likely N-dealkylation sites (N-methyl/N-ethyl adjacent to an activating group) is 1. The van der Waals surface area contributed by atoms with Crippen molar-refractivity contribution in [3.63, 3.8) is 0 Å². The summed E-state index contributed by atoms with van der Waals surface area (Å²) in [5, 5.41) is 12.9. The topological polar surface area (TPSA) is 61.5 Å². The average molecular weight is 201 g/mol. The smallest absolute Gasteiger partial charge is 0.0817 e. The first-order valence-corrected chi connectivity index (χ1v) is 5.43. The van der Waals surface area contributed by atoms with Gasteiger partial charge in [-0.25, -0.2) is 0 Å². The zero-order valence-electron chi connectivity index (χ0n) is 9.24. The zero-order chi connectivity index (χ0) is 10.6. The van der Waals surface area contributed by atoms with Crippen molar-refractivity contribution in [1.29, 1.82) is 0 Å². The van der Waals surface area contributed by atoms with Crippen LogP contribution in [0.5, 0.6) is 0 Å². The second-order valence-corrected chi connectivity index (χ2v) is 4.26. The van der Waals surface area contributed by atoms with E-state index >= 15 is 0 Å². The van der Waals surface area contributed by atoms with Crippen molar-refractivity contribution in [2.24, 2.45) is 11.7 Å². The summed E-state index contributed by atoms with van der Waals surface area (Å²) < 4.78 is 0. The number of nitrogens with two attached hydrogens (primary N) is 1. The minimum atomic E-state index is -0.409. The Morgan fingerprint density at radius 1 is 1.50 bits per heavy atom. The van der Waals surface area contributed by atoms with Gasteiger partial charge in [-0.2, -0.15) is 0 Å². The predicted molar refractivity (Wildman–Crippen MR) is 58.1 cm³/mol. The summed E-state index contributed by atoms with van der Waals surface area (Å²) in [6.07, 6.45) is 1.89. The molecule has 1 rings (SSSR count). The fraction of sp³-hybridized carbons (Fsp3) is 1.00. The molecule has 14 heavy (non-hydrogen) atoms. The second kappa shape index (κ2) is 5.66. The van der Waals surface area contributed by atoms with E-state index in [0.717, 1.165) is 25.9 Å². The lowest BCUT2D eigenvalue weighted by atomic mass is 9.86. The molecule has 0 aliphatic carbocycles. The molecule has 4 heteroatoms. The van der Waals surface area contributed by atoms with Crippen LogP contribution in [-0.2, 0) is 0 Å². The molecule has 1 aliphatic heterocycles. The van der Waals surface area contributed by atoms with Crippen LogP contribution in [0, 0.1) is 5.92 Å². The van der Waals surface area contributed by atoms with Gasteiger partial charge in [0.1, 0.15) is 0 Å². The molecule has 0 aromatic heterocycles. The molecule has 2 unspecified atom stereocenters. The SMILES string of the molecule is CNC(C(O)CN)C1CCN(C)CC1. The van der Waals surface area contributed by atoms with E-state index in [4.69, 9.17) is 5.73 Å². The van der Waals surface area contributed by atoms with Gasteiger partial charge in [-0.05, 0) is 45.9 Å². The molecule has 0 spiro atoms. The van der Waals surface area contributed by atoms with E-state index in [2.05, 4.69) is 17.3 Å². The van der Waals surface area contributed by atoms with E-state index in [0.29, 0.717) is 12.5 Å². The van der Waals surface area contributed by atoms with Gasteiger partial charge in [-0.3, -0.25) is 0 Å². The molecule has 1 saturated heterocycles. The Kier molecular flexibility index (Phi) is 4.81. The first-order valence-electron chi connectivity index (χ1n) is 5.43. The number of nitrogens with zero attached hydrogens (tertiary/aromatic N) is 1. The molecule has 0 aromatic carbocycles. The van der Waals surface area contributed by atoms with Crippen LogP contribution < -0.4 is 11.1 Å². The highest BCUT2D eigenvalue weighted by Crippen LogP contribution is 2.21. The van der Waals surface area contributed by atoms with E-state index < -0.39 is 6.10 Å². The number of hydrogen-bond acceptors (Lipinski definition) is 4. The maximum atomic E-state index is 9.73. The normalized spacial score (nSPS) is 24.9. The van der Waals surface area contributed by atoms with Gasteiger partial charge in [-0.15, -0.1) is 0 Å². The van der Waals surface area contributed by atoms with Gasteiger partial charge in [0.2, 0.25) is 0 Å². The largest absolute Gasteiger partial charge is 0.390 e. The number of nitrogens with one attached hydrogen (secondary N) is 1. The molecule has 1 heterocycles. The molecule has 0 amide bonds. The van der Waals surface area contributed by atoms with Crippen molar-refractivity contribution < 1.29 is 5.11 Å². The number of hydrogen-bond donors (Lipinski definition) is 3. The average Bonchev–Trinajstić information content (AvgIpc) is 2.21. The zero-order valence-corrected chi connectivity index (χ0v) is 9.24. The molecular weight excluding hydrogens is 178 g/mol. The summed E-state index contributed by atoms with van der Waals surface area (Å²) in [6.45, 7) is 2.60. The summed E-state index contributed by atoms with van der Waals surface area (Å²) in [7, 11) is 4.05. The van der Waals surface area contributed by atoms with Gasteiger partial charge in [-0.1, -0.05) is 0 Å². The molecule has 0 aromatic rings. The molecule has 0 bridgehead atoms. The van der Waals surface area contributed by atoms with E-state index in [-0.39, 0.29) is 6.04 Å². The summed E-state index contributed by atoms with van der Waals surface area (Å²) in [6, 6.07) is 0.161. The van der Waals surface area contributed by atoms with Gasteiger partial charge < -0.3 is 21.1 Å². The lowest BCUT2D eigenvalue weighted by Crippen LogP contribution is -2.50. The molecule has 1 fully saturated rings. The minimum absolute atomic E-state index is 0.161. The van der Waals surface area contributed by atoms with Crippen LogP contribution in [0.1, 0.15) is 12.8 Å². The molecule has 4 nitrogen and oxygen atoms in total. The Morgan fingerprint density at radius 2 is 2.07 bits per heavy atom. The van der Waals surface area contributed by atoms with Gasteiger partial charge in [0.05, 0.1) is 6.10 Å². The van der Waals surface area contributed by atoms with Crippen LogP contribution in [0.15, 0.2) is 0 Å². The summed E-state index contributed by atoms with van der Waals surface area (Å²) in [5.74, 6) is 0.565. The lowest BCUT2D eigenvalue weighted by molar-refractivity contribution is 0.0809. The van der Waals surface area contributed by atoms with Crippen molar-refractivity contribution in [1.82, 2.24) is 10.2 Å². The molecule has 0 saturated carbocycles. The van der Waals surface area contributed by atoms with Crippen LogP contribution >= 0.6 is 0 Å². The Balaban J connectivity index is 2.44. The molecule has 0 radical (unpaired) electrons. The standard InChI is InChI=1S/C10H23N3O/c1-12-10(9(14)7-11)8-3-5-13(2)6-4-8/h8-10,12,14H,3-7,11H2,1-2H3. The molecule has 1 aliphatic rings. The third-order valence-electron chi connectivity index (χ3n) is 3.26. The number of rotatable bonds is 4. The number of aliphatic hydroxyl groups excluding tert-OH is 1. The third kappa shape index (κ3) is 2.92. The van der Waals surface area contributed by atoms with E-state index in [1.54, 1.807) is 0 Å². The van der Waals surface area contributed by atoms with E-state index in [1.807, 2.05) is 7.05 Å². The quantitative estimate of drug-likeness (QED) is 0.559. The monoisotopic (exact) mass is 201 g/mol. The van der Waals surface area contributed by atoms with Crippen molar-refractivity contribution in [2.75, 3.05) is 33.7 Å². The van der Waals surface area contributed by atoms with Crippen molar-refractivity contribution in [3.8, 4) is 0 Å². The highest BCUT2D eigenvalue weighted by atomic mass is 16.3. The summed E-state index contributed by atoms with van der Waals surface area (Å²) in [4.78, 5) is 2.33.